The van der Waals surface area contributed by atoms with Gasteiger partial charge in [0.2, 0.25) is 0 Å². The van der Waals surface area contributed by atoms with Gasteiger partial charge in [0.25, 0.3) is 5.91 Å². The Morgan fingerprint density at radius 1 is 1.21 bits per heavy atom. The lowest BCUT2D eigenvalue weighted by molar-refractivity contribution is -0.134. The van der Waals surface area contributed by atoms with Crippen LogP contribution >= 0.6 is 0 Å². The van der Waals surface area contributed by atoms with E-state index < -0.39 is 5.60 Å². The van der Waals surface area contributed by atoms with Crippen LogP contribution in [-0.2, 0) is 16.9 Å². The number of hydrogen-bond acceptors (Lipinski definition) is 3. The molecular weight excluding hydrogens is 240 g/mol. The molecule has 0 spiro atoms. The van der Waals surface area contributed by atoms with Crippen LogP contribution in [0.25, 0.3) is 0 Å². The van der Waals surface area contributed by atoms with E-state index in [9.17, 15) is 9.90 Å². The lowest BCUT2D eigenvalue weighted by Gasteiger charge is -2.19. The minimum absolute atomic E-state index is 0.287. The van der Waals surface area contributed by atoms with Crippen molar-refractivity contribution in [3.05, 3.63) is 59.9 Å². The summed E-state index contributed by atoms with van der Waals surface area (Å²) >= 11 is 0. The summed E-state index contributed by atoms with van der Waals surface area (Å²) < 4.78 is 0. The topological polar surface area (TPSA) is 53.4 Å². The maximum absolute atomic E-state index is 12.3. The fourth-order valence-corrected chi connectivity index (χ4v) is 2.44. The molecule has 0 fully saturated rings. The Balaban J connectivity index is 2.02. The maximum atomic E-state index is 12.3. The minimum Gasteiger partial charge on any atom is -0.375 e. The molecule has 1 N–H and O–H groups in total. The second kappa shape index (κ2) is 4.17. The van der Waals surface area contributed by atoms with Crippen LogP contribution in [0, 0.1) is 0 Å². The number of pyridine rings is 1. The Hall–Kier alpha value is -2.20. The van der Waals surface area contributed by atoms with Crippen LogP contribution < -0.4 is 4.90 Å². The quantitative estimate of drug-likeness (QED) is 0.889. The minimum atomic E-state index is -1.44. The van der Waals surface area contributed by atoms with E-state index in [2.05, 4.69) is 4.98 Å². The van der Waals surface area contributed by atoms with E-state index in [0.717, 1.165) is 11.3 Å². The number of amides is 1. The lowest BCUT2D eigenvalue weighted by atomic mass is 9.98. The highest BCUT2D eigenvalue weighted by Gasteiger charge is 2.45. The van der Waals surface area contributed by atoms with Crippen LogP contribution in [0.15, 0.2) is 48.8 Å². The molecule has 1 aliphatic heterocycles. The number of aliphatic hydroxyl groups is 1. The Labute approximate surface area is 111 Å². The van der Waals surface area contributed by atoms with Crippen molar-refractivity contribution >= 4 is 11.6 Å². The van der Waals surface area contributed by atoms with Crippen molar-refractivity contribution in [1.82, 2.24) is 4.98 Å². The van der Waals surface area contributed by atoms with Gasteiger partial charge in [0.15, 0.2) is 5.60 Å². The van der Waals surface area contributed by atoms with Crippen molar-refractivity contribution in [3.8, 4) is 0 Å². The third-order valence-corrected chi connectivity index (χ3v) is 3.47. The van der Waals surface area contributed by atoms with Crippen molar-refractivity contribution < 1.29 is 9.90 Å². The summed E-state index contributed by atoms with van der Waals surface area (Å²) in [5.74, 6) is -0.287. The molecule has 0 saturated heterocycles. The standard InChI is InChI=1S/C15H14N2O2/c1-15(19)12-4-2-3-5-13(12)17(14(15)18)10-11-6-8-16-9-7-11/h2-9,19H,10H2,1H3. The maximum Gasteiger partial charge on any atom is 0.263 e. The van der Waals surface area contributed by atoms with Gasteiger partial charge in [-0.3, -0.25) is 9.78 Å². The monoisotopic (exact) mass is 254 g/mol. The van der Waals surface area contributed by atoms with Gasteiger partial charge < -0.3 is 10.0 Å². The summed E-state index contributed by atoms with van der Waals surface area (Å²) in [6.07, 6.45) is 3.39. The Bertz CT molecular complexity index is 623. The molecule has 1 unspecified atom stereocenters. The van der Waals surface area contributed by atoms with E-state index in [1.807, 2.05) is 30.3 Å². The van der Waals surface area contributed by atoms with E-state index in [0.29, 0.717) is 12.1 Å². The molecular formula is C15H14N2O2. The molecule has 1 aromatic heterocycles. The van der Waals surface area contributed by atoms with Gasteiger partial charge in [0.05, 0.1) is 12.2 Å². The summed E-state index contributed by atoms with van der Waals surface area (Å²) in [7, 11) is 0. The highest BCUT2D eigenvalue weighted by molar-refractivity contribution is 6.06. The number of nitrogens with zero attached hydrogens (tertiary/aromatic N) is 2. The highest BCUT2D eigenvalue weighted by Crippen LogP contribution is 2.40. The summed E-state index contributed by atoms with van der Waals surface area (Å²) in [5.41, 5.74) is 0.975. The molecule has 0 radical (unpaired) electrons. The molecule has 2 aromatic rings. The molecule has 4 nitrogen and oxygen atoms in total. The van der Waals surface area contributed by atoms with Crippen molar-refractivity contribution in [3.63, 3.8) is 0 Å². The Kier molecular flexibility index (Phi) is 2.61. The number of carbonyl (C=O) groups is 1. The number of benzene rings is 1. The third kappa shape index (κ3) is 1.81. The first-order chi connectivity index (χ1) is 9.10. The molecule has 0 bridgehead atoms. The molecule has 96 valence electrons. The molecule has 0 saturated carbocycles. The van der Waals surface area contributed by atoms with Gasteiger partial charge >= 0.3 is 0 Å². The van der Waals surface area contributed by atoms with Crippen LogP contribution in [-0.4, -0.2) is 16.0 Å². The summed E-state index contributed by atoms with van der Waals surface area (Å²) in [6, 6.07) is 11.1. The fraction of sp³-hybridized carbons (Fsp3) is 0.200. The SMILES string of the molecule is CC1(O)C(=O)N(Cc2ccncc2)c2ccccc21. The average Bonchev–Trinajstić information content (AvgIpc) is 2.62. The lowest BCUT2D eigenvalue weighted by Crippen LogP contribution is -2.37. The number of rotatable bonds is 2. The summed E-state index contributed by atoms with van der Waals surface area (Å²) in [5, 5.41) is 10.4. The molecule has 0 aliphatic carbocycles. The molecule has 3 rings (SSSR count). The van der Waals surface area contributed by atoms with E-state index in [-0.39, 0.29) is 5.91 Å². The first-order valence-corrected chi connectivity index (χ1v) is 6.13. The number of hydrogen-bond donors (Lipinski definition) is 1. The zero-order valence-corrected chi connectivity index (χ0v) is 10.6. The van der Waals surface area contributed by atoms with Crippen molar-refractivity contribution in [2.24, 2.45) is 0 Å². The zero-order chi connectivity index (χ0) is 13.5. The van der Waals surface area contributed by atoms with Crippen LogP contribution in [0.5, 0.6) is 0 Å². The molecule has 1 aromatic carbocycles. The smallest absolute Gasteiger partial charge is 0.263 e. The first kappa shape index (κ1) is 11.9. The Morgan fingerprint density at radius 2 is 1.89 bits per heavy atom. The second-order valence-corrected chi connectivity index (χ2v) is 4.84. The molecule has 1 aliphatic rings. The Morgan fingerprint density at radius 3 is 2.63 bits per heavy atom. The average molecular weight is 254 g/mol. The van der Waals surface area contributed by atoms with Gasteiger partial charge in [0, 0.05) is 18.0 Å². The van der Waals surface area contributed by atoms with Gasteiger partial charge in [-0.2, -0.15) is 0 Å². The molecule has 19 heavy (non-hydrogen) atoms. The normalized spacial score (nSPS) is 21.6. The second-order valence-electron chi connectivity index (χ2n) is 4.84. The van der Waals surface area contributed by atoms with E-state index in [1.54, 1.807) is 30.3 Å². The van der Waals surface area contributed by atoms with Crippen LogP contribution in [0.3, 0.4) is 0 Å². The fourth-order valence-electron chi connectivity index (χ4n) is 2.44. The number of carbonyl (C=O) groups excluding carboxylic acids is 1. The largest absolute Gasteiger partial charge is 0.375 e. The molecule has 1 atom stereocenters. The van der Waals surface area contributed by atoms with E-state index in [4.69, 9.17) is 0 Å². The number of fused-ring (bicyclic) bond motifs is 1. The van der Waals surface area contributed by atoms with Gasteiger partial charge in [-0.15, -0.1) is 0 Å². The van der Waals surface area contributed by atoms with Gasteiger partial charge in [0.1, 0.15) is 0 Å². The summed E-state index contributed by atoms with van der Waals surface area (Å²) in [6.45, 7) is 1.98. The van der Waals surface area contributed by atoms with Crippen molar-refractivity contribution in [2.45, 2.75) is 19.1 Å². The molecule has 1 amide bonds. The number of anilines is 1. The van der Waals surface area contributed by atoms with Crippen LogP contribution in [0.1, 0.15) is 18.1 Å². The van der Waals surface area contributed by atoms with Crippen molar-refractivity contribution in [1.29, 1.82) is 0 Å². The van der Waals surface area contributed by atoms with E-state index in [1.165, 1.54) is 0 Å². The first-order valence-electron chi connectivity index (χ1n) is 6.13. The third-order valence-electron chi connectivity index (χ3n) is 3.47. The van der Waals surface area contributed by atoms with Gasteiger partial charge in [-0.1, -0.05) is 18.2 Å². The van der Waals surface area contributed by atoms with E-state index >= 15 is 0 Å². The summed E-state index contributed by atoms with van der Waals surface area (Å²) in [4.78, 5) is 17.9. The van der Waals surface area contributed by atoms with Gasteiger partial charge in [-0.25, -0.2) is 0 Å². The predicted octanol–water partition coefficient (Wildman–Crippen LogP) is 1.84. The number of para-hydroxylation sites is 1. The molecule has 2 heterocycles. The van der Waals surface area contributed by atoms with Gasteiger partial charge in [-0.05, 0) is 30.7 Å². The van der Waals surface area contributed by atoms with Crippen LogP contribution in [0.2, 0.25) is 0 Å². The van der Waals surface area contributed by atoms with Crippen LogP contribution in [0.4, 0.5) is 5.69 Å². The molecule has 4 heteroatoms. The highest BCUT2D eigenvalue weighted by atomic mass is 16.3. The van der Waals surface area contributed by atoms with Crippen molar-refractivity contribution in [2.75, 3.05) is 4.90 Å². The number of aromatic nitrogens is 1. The predicted molar refractivity (Wildman–Crippen MR) is 71.4 cm³/mol. The zero-order valence-electron chi connectivity index (χ0n) is 10.6.